The summed E-state index contributed by atoms with van der Waals surface area (Å²) in [6, 6.07) is 0. The summed E-state index contributed by atoms with van der Waals surface area (Å²) in [5.74, 6) is -0.339. The zero-order chi connectivity index (χ0) is 44.8. The summed E-state index contributed by atoms with van der Waals surface area (Å²) < 4.78 is 35.1. The van der Waals surface area contributed by atoms with E-state index >= 15 is 0 Å². The van der Waals surface area contributed by atoms with Crippen LogP contribution in [0, 0.1) is 0 Å². The average molecular weight is 873 g/mol. The molecule has 2 unspecified atom stereocenters. The van der Waals surface area contributed by atoms with Gasteiger partial charge in [0.15, 0.2) is 0 Å². The average Bonchev–Trinajstić information content (AvgIpc) is 3.22. The Morgan fingerprint density at radius 3 is 1.34 bits per heavy atom. The van der Waals surface area contributed by atoms with E-state index in [0.717, 1.165) is 109 Å². The summed E-state index contributed by atoms with van der Waals surface area (Å²) in [4.78, 5) is 23.0. The molecule has 0 spiro atoms. The number of likely N-dealkylation sites (N-methyl/N-ethyl adjacent to an activating group) is 1. The molecule has 61 heavy (non-hydrogen) atoms. The normalized spacial score (nSPS) is 14.5. The largest absolute Gasteiger partial charge is 0.472 e. The molecule has 0 amide bonds. The number of allylic oxidation sites excluding steroid dienone is 16. The molecule has 0 aromatic carbocycles. The van der Waals surface area contributed by atoms with Crippen LogP contribution in [0.4, 0.5) is 0 Å². The lowest BCUT2D eigenvalue weighted by molar-refractivity contribution is -0.870. The van der Waals surface area contributed by atoms with Gasteiger partial charge in [0.05, 0.1) is 34.4 Å². The van der Waals surface area contributed by atoms with Crippen molar-refractivity contribution in [2.45, 2.75) is 174 Å². The Morgan fingerprint density at radius 2 is 0.902 bits per heavy atom. The van der Waals surface area contributed by atoms with E-state index in [-0.39, 0.29) is 25.8 Å². The molecule has 350 valence electrons. The van der Waals surface area contributed by atoms with Crippen LogP contribution in [-0.4, -0.2) is 75.6 Å². The van der Waals surface area contributed by atoms with Gasteiger partial charge < -0.3 is 18.9 Å². The maximum atomic E-state index is 12.7. The van der Waals surface area contributed by atoms with E-state index in [0.29, 0.717) is 24.1 Å². The molecule has 2 atom stereocenters. The molecule has 0 aliphatic carbocycles. The minimum absolute atomic E-state index is 0.0771. The highest BCUT2D eigenvalue weighted by Crippen LogP contribution is 2.43. The summed E-state index contributed by atoms with van der Waals surface area (Å²) >= 11 is 0. The summed E-state index contributed by atoms with van der Waals surface area (Å²) in [6.07, 6.45) is 60.1. The van der Waals surface area contributed by atoms with Crippen LogP contribution >= 0.6 is 7.82 Å². The van der Waals surface area contributed by atoms with Crippen LogP contribution in [0.15, 0.2) is 97.2 Å². The Labute approximate surface area is 375 Å². The lowest BCUT2D eigenvalue weighted by Crippen LogP contribution is -2.37. The molecule has 0 fully saturated rings. The summed E-state index contributed by atoms with van der Waals surface area (Å²) in [5, 5.41) is 0. The Morgan fingerprint density at radius 1 is 0.508 bits per heavy atom. The van der Waals surface area contributed by atoms with Crippen molar-refractivity contribution in [1.29, 1.82) is 0 Å². The Bertz CT molecular complexity index is 1290. The molecule has 0 bridgehead atoms. The number of hydrogen-bond acceptors (Lipinski definition) is 6. The van der Waals surface area contributed by atoms with E-state index in [1.165, 1.54) is 38.5 Å². The van der Waals surface area contributed by atoms with Gasteiger partial charge in [-0.1, -0.05) is 169 Å². The predicted molar refractivity (Wildman–Crippen MR) is 261 cm³/mol. The van der Waals surface area contributed by atoms with Gasteiger partial charge in [-0.3, -0.25) is 13.8 Å². The lowest BCUT2D eigenvalue weighted by atomic mass is 10.1. The van der Waals surface area contributed by atoms with Crippen LogP contribution in [0.3, 0.4) is 0 Å². The Hall–Kier alpha value is -2.58. The first kappa shape index (κ1) is 58.4. The SMILES string of the molecule is CC/C=C\C/C=C\C/C=C\C/C=C\C/C=C\CCCCCCCC(=O)OC(COCCCCCCCCCC/C=C\C/C=C\C/C=C\CC)COP(=O)(O)OCC[N+](C)(C)C. The molecule has 8 nitrogen and oxygen atoms in total. The molecule has 0 aromatic rings. The van der Waals surface area contributed by atoms with Gasteiger partial charge in [-0.05, 0) is 89.9 Å². The van der Waals surface area contributed by atoms with Crippen molar-refractivity contribution < 1.29 is 37.3 Å². The van der Waals surface area contributed by atoms with Crippen LogP contribution < -0.4 is 0 Å². The predicted octanol–water partition coefficient (Wildman–Crippen LogP) is 14.6. The van der Waals surface area contributed by atoms with Crippen LogP contribution in [0.1, 0.15) is 168 Å². The van der Waals surface area contributed by atoms with Crippen molar-refractivity contribution in [1.82, 2.24) is 0 Å². The van der Waals surface area contributed by atoms with Crippen LogP contribution in [0.5, 0.6) is 0 Å². The number of ether oxygens (including phenoxy) is 2. The molecule has 0 saturated heterocycles. The van der Waals surface area contributed by atoms with Crippen molar-refractivity contribution in [2.24, 2.45) is 0 Å². The first-order chi connectivity index (χ1) is 29.6. The van der Waals surface area contributed by atoms with Gasteiger partial charge in [0.25, 0.3) is 0 Å². The van der Waals surface area contributed by atoms with E-state index in [4.69, 9.17) is 18.5 Å². The van der Waals surface area contributed by atoms with Gasteiger partial charge >= 0.3 is 13.8 Å². The van der Waals surface area contributed by atoms with Crippen molar-refractivity contribution >= 4 is 13.8 Å². The molecule has 0 saturated carbocycles. The zero-order valence-electron chi connectivity index (χ0n) is 39.6. The van der Waals surface area contributed by atoms with E-state index in [9.17, 15) is 14.3 Å². The molecular weight excluding hydrogens is 782 g/mol. The molecule has 0 aliphatic heterocycles. The topological polar surface area (TPSA) is 91.3 Å². The summed E-state index contributed by atoms with van der Waals surface area (Å²) in [5.41, 5.74) is 0. The monoisotopic (exact) mass is 873 g/mol. The Balaban J connectivity index is 4.27. The van der Waals surface area contributed by atoms with Gasteiger partial charge in [0.1, 0.15) is 19.3 Å². The van der Waals surface area contributed by atoms with Crippen molar-refractivity contribution in [2.75, 3.05) is 54.1 Å². The van der Waals surface area contributed by atoms with E-state index in [2.05, 4.69) is 111 Å². The second-order valence-electron chi connectivity index (χ2n) is 16.7. The van der Waals surface area contributed by atoms with Crippen LogP contribution in [-0.2, 0) is 27.9 Å². The second kappa shape index (κ2) is 44.0. The van der Waals surface area contributed by atoms with Crippen molar-refractivity contribution in [3.8, 4) is 0 Å². The number of esters is 1. The number of unbranched alkanes of at least 4 members (excludes halogenated alkanes) is 13. The zero-order valence-corrected chi connectivity index (χ0v) is 40.5. The molecule has 0 aliphatic rings. The number of nitrogens with zero attached hydrogens (tertiary/aromatic N) is 1. The molecule has 9 heteroatoms. The molecule has 0 heterocycles. The standard InChI is InChI=1S/C52H90NO7P/c1-6-8-10-12-14-16-18-20-22-24-26-27-28-29-31-33-35-37-39-41-43-45-52(54)60-51(50-59-61(55,56)58-48-46-53(3,4)5)49-57-47-44-42-40-38-36-34-32-30-25-23-21-19-17-15-13-11-9-7-2/h8-11,14-17,20-23,26-27,29,31,51H,6-7,12-13,18-19,24-25,28,30,32-50H2,1-5H3/p+1/b10-8-,11-9-,16-14-,17-15-,22-20-,23-21-,27-26-,31-29-. The number of hydrogen-bond donors (Lipinski definition) is 1. The Kier molecular flexibility index (Phi) is 42.2. The smallest absolute Gasteiger partial charge is 0.457 e. The van der Waals surface area contributed by atoms with Crippen molar-refractivity contribution in [3.63, 3.8) is 0 Å². The molecule has 1 N–H and O–H groups in total. The molecular formula is C52H91NO7P+. The quantitative estimate of drug-likeness (QED) is 0.0214. The van der Waals surface area contributed by atoms with Gasteiger partial charge in [-0.25, -0.2) is 4.57 Å². The number of phosphoric acid groups is 1. The first-order valence-electron chi connectivity index (χ1n) is 24.0. The molecule has 0 aromatic heterocycles. The minimum Gasteiger partial charge on any atom is -0.457 e. The highest BCUT2D eigenvalue weighted by atomic mass is 31.2. The van der Waals surface area contributed by atoms with E-state index < -0.39 is 13.9 Å². The van der Waals surface area contributed by atoms with Gasteiger partial charge in [0, 0.05) is 13.0 Å². The highest BCUT2D eigenvalue weighted by Gasteiger charge is 2.26. The third kappa shape index (κ3) is 48.3. The second-order valence-corrected chi connectivity index (χ2v) is 18.2. The number of phosphoric ester groups is 1. The third-order valence-electron chi connectivity index (χ3n) is 9.64. The van der Waals surface area contributed by atoms with Crippen molar-refractivity contribution in [3.05, 3.63) is 97.2 Å². The summed E-state index contributed by atoms with van der Waals surface area (Å²) in [6.45, 7) is 5.33. The minimum atomic E-state index is -4.29. The van der Waals surface area contributed by atoms with Gasteiger partial charge in [0.2, 0.25) is 0 Å². The van der Waals surface area contributed by atoms with Crippen LogP contribution in [0.25, 0.3) is 0 Å². The van der Waals surface area contributed by atoms with Gasteiger partial charge in [-0.2, -0.15) is 0 Å². The third-order valence-corrected chi connectivity index (χ3v) is 10.6. The fourth-order valence-electron chi connectivity index (χ4n) is 6.00. The number of carbonyl (C=O) groups is 1. The number of carbonyl (C=O) groups excluding carboxylic acids is 1. The van der Waals surface area contributed by atoms with Gasteiger partial charge in [-0.15, -0.1) is 0 Å². The van der Waals surface area contributed by atoms with E-state index in [1.54, 1.807) is 0 Å². The first-order valence-corrected chi connectivity index (χ1v) is 25.5. The van der Waals surface area contributed by atoms with E-state index in [1.807, 2.05) is 21.1 Å². The maximum absolute atomic E-state index is 12.7. The molecule has 0 radical (unpaired) electrons. The van der Waals surface area contributed by atoms with Crippen LogP contribution in [0.2, 0.25) is 0 Å². The highest BCUT2D eigenvalue weighted by molar-refractivity contribution is 7.47. The lowest BCUT2D eigenvalue weighted by Gasteiger charge is -2.24. The number of quaternary nitrogens is 1. The molecule has 0 rings (SSSR count). The number of rotatable bonds is 43. The fourth-order valence-corrected chi connectivity index (χ4v) is 6.75. The maximum Gasteiger partial charge on any atom is 0.472 e. The fraction of sp³-hybridized carbons (Fsp3) is 0.673. The summed E-state index contributed by atoms with van der Waals surface area (Å²) in [7, 11) is 1.63.